The smallest absolute Gasteiger partial charge is 0.304 e. The maximum Gasteiger partial charge on any atom is 0.340 e. The summed E-state index contributed by atoms with van der Waals surface area (Å²) in [5, 5.41) is 3.99. The van der Waals surface area contributed by atoms with Crippen molar-refractivity contribution in [1.82, 2.24) is 14.9 Å². The summed E-state index contributed by atoms with van der Waals surface area (Å²) < 4.78 is 0. The Hall–Kier alpha value is -1.19. The summed E-state index contributed by atoms with van der Waals surface area (Å²) in [5.74, 6) is 0. The monoisotopic (exact) mass is 165 g/mol. The third-order valence-corrected chi connectivity index (χ3v) is 2.95. The Kier molecular flexibility index (Phi) is 0.929. The van der Waals surface area contributed by atoms with Crippen molar-refractivity contribution in [2.45, 2.75) is 19.0 Å². The van der Waals surface area contributed by atoms with Gasteiger partial charge in [-0.3, -0.25) is 5.01 Å². The van der Waals surface area contributed by atoms with Gasteiger partial charge in [-0.15, -0.1) is 0 Å². The molecule has 4 heteroatoms. The lowest BCUT2D eigenvalue weighted by Gasteiger charge is -2.21. The average Bonchev–Trinajstić information content (AvgIpc) is 2.64. The zero-order valence-corrected chi connectivity index (χ0v) is 7.03. The third kappa shape index (κ3) is 0.499. The summed E-state index contributed by atoms with van der Waals surface area (Å²) in [6, 6.07) is 0.156. The van der Waals surface area contributed by atoms with Crippen LogP contribution in [0.3, 0.4) is 0 Å². The van der Waals surface area contributed by atoms with Crippen molar-refractivity contribution in [3.63, 3.8) is 0 Å². The SMILES string of the molecule is CN1C(=O)N2CCC3=CCC1N32. The fourth-order valence-corrected chi connectivity index (χ4v) is 2.31. The van der Waals surface area contributed by atoms with Crippen molar-refractivity contribution >= 4 is 6.03 Å². The van der Waals surface area contributed by atoms with E-state index in [2.05, 4.69) is 11.1 Å². The minimum Gasteiger partial charge on any atom is -0.304 e. The number of carbonyl (C=O) groups is 1. The molecule has 3 heterocycles. The highest BCUT2D eigenvalue weighted by Crippen LogP contribution is 2.38. The van der Waals surface area contributed by atoms with E-state index >= 15 is 0 Å². The molecule has 2 fully saturated rings. The molecule has 0 aromatic carbocycles. The Labute approximate surface area is 71.0 Å². The van der Waals surface area contributed by atoms with E-state index in [9.17, 15) is 4.79 Å². The van der Waals surface area contributed by atoms with Crippen molar-refractivity contribution in [2.24, 2.45) is 0 Å². The number of nitrogens with zero attached hydrogens (tertiary/aromatic N) is 3. The van der Waals surface area contributed by atoms with Gasteiger partial charge >= 0.3 is 6.03 Å². The molecule has 64 valence electrons. The van der Waals surface area contributed by atoms with Crippen LogP contribution in [0, 0.1) is 0 Å². The Morgan fingerprint density at radius 3 is 3.25 bits per heavy atom. The molecule has 0 aliphatic carbocycles. The maximum atomic E-state index is 11.6. The summed E-state index contributed by atoms with van der Waals surface area (Å²) in [6.07, 6.45) is 4.56. The highest BCUT2D eigenvalue weighted by molar-refractivity contribution is 5.77. The second-order valence-corrected chi connectivity index (χ2v) is 3.52. The first-order valence-electron chi connectivity index (χ1n) is 4.31. The average molecular weight is 165 g/mol. The van der Waals surface area contributed by atoms with Crippen LogP contribution in [-0.2, 0) is 0 Å². The summed E-state index contributed by atoms with van der Waals surface area (Å²) >= 11 is 0. The molecule has 0 radical (unpaired) electrons. The van der Waals surface area contributed by atoms with E-state index in [1.165, 1.54) is 5.70 Å². The van der Waals surface area contributed by atoms with Crippen molar-refractivity contribution in [3.05, 3.63) is 11.8 Å². The molecular weight excluding hydrogens is 154 g/mol. The fraction of sp³-hybridized carbons (Fsp3) is 0.625. The van der Waals surface area contributed by atoms with Gasteiger partial charge in [-0.25, -0.2) is 9.80 Å². The van der Waals surface area contributed by atoms with E-state index in [-0.39, 0.29) is 12.2 Å². The van der Waals surface area contributed by atoms with Crippen molar-refractivity contribution in [2.75, 3.05) is 13.6 Å². The first-order chi connectivity index (χ1) is 5.79. The lowest BCUT2D eigenvalue weighted by atomic mass is 10.3. The number of rotatable bonds is 0. The van der Waals surface area contributed by atoms with Gasteiger partial charge in [-0.1, -0.05) is 6.08 Å². The molecule has 0 bridgehead atoms. The first-order valence-corrected chi connectivity index (χ1v) is 4.31. The topological polar surface area (TPSA) is 26.8 Å². The van der Waals surface area contributed by atoms with Crippen LogP contribution in [0.1, 0.15) is 12.8 Å². The molecular formula is C8H11N3O. The standard InChI is InChI=1S/C8H11N3O/c1-9-7-3-2-6-4-5-10(8(9)12)11(6)7/h2,7H,3-5H2,1H3. The molecule has 0 aromatic heterocycles. The van der Waals surface area contributed by atoms with Gasteiger partial charge < -0.3 is 4.90 Å². The van der Waals surface area contributed by atoms with Gasteiger partial charge in [0.15, 0.2) is 0 Å². The zero-order chi connectivity index (χ0) is 8.29. The van der Waals surface area contributed by atoms with Gasteiger partial charge in [0.2, 0.25) is 0 Å². The van der Waals surface area contributed by atoms with Crippen LogP contribution >= 0.6 is 0 Å². The lowest BCUT2D eigenvalue weighted by Crippen LogP contribution is -2.32. The molecule has 0 saturated carbocycles. The van der Waals surface area contributed by atoms with Crippen molar-refractivity contribution < 1.29 is 4.79 Å². The molecule has 0 aromatic rings. The lowest BCUT2D eigenvalue weighted by molar-refractivity contribution is 0.0983. The van der Waals surface area contributed by atoms with Crippen LogP contribution in [-0.4, -0.2) is 40.7 Å². The number of hydrogen-bond donors (Lipinski definition) is 0. The Morgan fingerprint density at radius 1 is 1.58 bits per heavy atom. The van der Waals surface area contributed by atoms with E-state index in [1.807, 2.05) is 17.0 Å². The van der Waals surface area contributed by atoms with Gasteiger partial charge in [0, 0.05) is 32.1 Å². The highest BCUT2D eigenvalue weighted by atomic mass is 16.2. The first kappa shape index (κ1) is 6.34. The maximum absolute atomic E-state index is 11.6. The van der Waals surface area contributed by atoms with Crippen LogP contribution in [0.5, 0.6) is 0 Å². The van der Waals surface area contributed by atoms with Crippen LogP contribution in [0.25, 0.3) is 0 Å². The Bertz CT molecular complexity index is 286. The zero-order valence-electron chi connectivity index (χ0n) is 7.03. The van der Waals surface area contributed by atoms with E-state index in [0.29, 0.717) is 0 Å². The number of hydrogen-bond acceptors (Lipinski definition) is 2. The minimum absolute atomic E-state index is 0.156. The van der Waals surface area contributed by atoms with Crippen molar-refractivity contribution in [3.8, 4) is 0 Å². The van der Waals surface area contributed by atoms with Gasteiger partial charge in [0.1, 0.15) is 6.17 Å². The van der Waals surface area contributed by atoms with Crippen molar-refractivity contribution in [1.29, 1.82) is 0 Å². The van der Waals surface area contributed by atoms with Crippen LogP contribution in [0.4, 0.5) is 4.79 Å². The van der Waals surface area contributed by atoms with E-state index in [1.54, 1.807) is 0 Å². The number of carbonyl (C=O) groups excluding carboxylic acids is 1. The van der Waals surface area contributed by atoms with Gasteiger partial charge in [-0.05, 0) is 0 Å². The Morgan fingerprint density at radius 2 is 2.42 bits per heavy atom. The van der Waals surface area contributed by atoms with E-state index in [0.717, 1.165) is 19.4 Å². The number of amides is 2. The van der Waals surface area contributed by atoms with Gasteiger partial charge in [-0.2, -0.15) is 0 Å². The van der Waals surface area contributed by atoms with Crippen LogP contribution < -0.4 is 0 Å². The predicted octanol–water partition coefficient (Wildman–Crippen LogP) is 0.588. The summed E-state index contributed by atoms with van der Waals surface area (Å²) in [7, 11) is 1.88. The fourth-order valence-electron chi connectivity index (χ4n) is 2.31. The second kappa shape index (κ2) is 1.76. The van der Waals surface area contributed by atoms with Gasteiger partial charge in [0.25, 0.3) is 0 Å². The van der Waals surface area contributed by atoms with E-state index < -0.39 is 0 Å². The molecule has 3 aliphatic rings. The molecule has 3 aliphatic heterocycles. The number of hydrazine groups is 1. The molecule has 1 unspecified atom stereocenters. The Balaban J connectivity index is 2.06. The summed E-state index contributed by atoms with van der Waals surface area (Å²) in [6.45, 7) is 0.867. The molecule has 2 saturated heterocycles. The minimum atomic E-state index is 0.156. The third-order valence-electron chi connectivity index (χ3n) is 2.95. The summed E-state index contributed by atoms with van der Waals surface area (Å²) in [5.41, 5.74) is 1.33. The molecule has 3 rings (SSSR count). The highest BCUT2D eigenvalue weighted by Gasteiger charge is 2.48. The molecule has 1 atom stereocenters. The quantitative estimate of drug-likeness (QED) is 0.525. The predicted molar refractivity (Wildman–Crippen MR) is 42.8 cm³/mol. The largest absolute Gasteiger partial charge is 0.340 e. The number of urea groups is 1. The normalized spacial score (nSPS) is 31.8. The second-order valence-electron chi connectivity index (χ2n) is 3.52. The van der Waals surface area contributed by atoms with E-state index in [4.69, 9.17) is 0 Å². The molecule has 12 heavy (non-hydrogen) atoms. The molecule has 0 spiro atoms. The molecule has 2 amide bonds. The van der Waals surface area contributed by atoms with Crippen LogP contribution in [0.2, 0.25) is 0 Å². The van der Waals surface area contributed by atoms with Crippen LogP contribution in [0.15, 0.2) is 11.8 Å². The van der Waals surface area contributed by atoms with Gasteiger partial charge in [0.05, 0.1) is 0 Å². The molecule has 4 nitrogen and oxygen atoms in total. The molecule has 0 N–H and O–H groups in total. The summed E-state index contributed by atoms with van der Waals surface area (Å²) in [4.78, 5) is 13.4.